The standard InChI is InChI=1S/C14H23NO6/c1-4-19-11(16)9-7-14(15,13(18)21-6-3)8-10(9)12(17)20-5-2/h9-10H,4-8,15H2,1-3H3. The maximum atomic E-state index is 12.0. The van der Waals surface area contributed by atoms with Crippen LogP contribution in [0.3, 0.4) is 0 Å². The van der Waals surface area contributed by atoms with Gasteiger partial charge in [-0.2, -0.15) is 0 Å². The highest BCUT2D eigenvalue weighted by Gasteiger charge is 2.54. The molecule has 1 rings (SSSR count). The Morgan fingerprint density at radius 2 is 1.29 bits per heavy atom. The molecular formula is C14H23NO6. The Balaban J connectivity index is 2.95. The molecule has 7 heteroatoms. The zero-order chi connectivity index (χ0) is 16.0. The van der Waals surface area contributed by atoms with E-state index in [1.165, 1.54) is 0 Å². The summed E-state index contributed by atoms with van der Waals surface area (Å²) in [6, 6.07) is 0. The van der Waals surface area contributed by atoms with Crippen molar-refractivity contribution in [3.05, 3.63) is 0 Å². The molecule has 7 nitrogen and oxygen atoms in total. The van der Waals surface area contributed by atoms with Gasteiger partial charge in [-0.25, -0.2) is 0 Å². The molecule has 1 saturated carbocycles. The Kier molecular flexibility index (Phi) is 6.14. The number of carbonyl (C=O) groups is 3. The molecule has 1 fully saturated rings. The van der Waals surface area contributed by atoms with Crippen LogP contribution in [-0.4, -0.2) is 43.3 Å². The smallest absolute Gasteiger partial charge is 0.326 e. The molecule has 21 heavy (non-hydrogen) atoms. The lowest BCUT2D eigenvalue weighted by Crippen LogP contribution is -2.47. The van der Waals surface area contributed by atoms with Crippen LogP contribution in [0.25, 0.3) is 0 Å². The third-order valence-corrected chi connectivity index (χ3v) is 3.51. The third-order valence-electron chi connectivity index (χ3n) is 3.51. The van der Waals surface area contributed by atoms with Gasteiger partial charge in [-0.05, 0) is 33.6 Å². The van der Waals surface area contributed by atoms with Crippen molar-refractivity contribution >= 4 is 17.9 Å². The van der Waals surface area contributed by atoms with Gasteiger partial charge < -0.3 is 19.9 Å². The van der Waals surface area contributed by atoms with E-state index in [9.17, 15) is 14.4 Å². The van der Waals surface area contributed by atoms with Gasteiger partial charge in [0.15, 0.2) is 0 Å². The van der Waals surface area contributed by atoms with Crippen LogP contribution in [0, 0.1) is 11.8 Å². The van der Waals surface area contributed by atoms with Gasteiger partial charge in [0.1, 0.15) is 5.54 Å². The van der Waals surface area contributed by atoms with Crippen molar-refractivity contribution in [3.8, 4) is 0 Å². The van der Waals surface area contributed by atoms with Gasteiger partial charge in [-0.15, -0.1) is 0 Å². The molecule has 0 amide bonds. The first-order valence-corrected chi connectivity index (χ1v) is 7.19. The number of nitrogens with two attached hydrogens (primary N) is 1. The minimum atomic E-state index is -1.36. The molecule has 1 aliphatic rings. The third kappa shape index (κ3) is 3.93. The fourth-order valence-corrected chi connectivity index (χ4v) is 2.59. The first kappa shape index (κ1) is 17.4. The normalized spacial score (nSPS) is 28.0. The highest BCUT2D eigenvalue weighted by atomic mass is 16.5. The largest absolute Gasteiger partial charge is 0.466 e. The van der Waals surface area contributed by atoms with Gasteiger partial charge >= 0.3 is 17.9 Å². The van der Waals surface area contributed by atoms with Crippen molar-refractivity contribution in [3.63, 3.8) is 0 Å². The molecule has 1 aliphatic carbocycles. The predicted octanol–water partition coefficient (Wildman–Crippen LogP) is 0.399. The molecule has 0 spiro atoms. The lowest BCUT2D eigenvalue weighted by atomic mass is 9.96. The molecular weight excluding hydrogens is 278 g/mol. The summed E-state index contributed by atoms with van der Waals surface area (Å²) in [6.45, 7) is 5.60. The van der Waals surface area contributed by atoms with E-state index in [2.05, 4.69) is 0 Å². The summed E-state index contributed by atoms with van der Waals surface area (Å²) in [6.07, 6.45) is 0.0439. The fraction of sp³-hybridized carbons (Fsp3) is 0.786. The zero-order valence-electron chi connectivity index (χ0n) is 12.7. The molecule has 120 valence electrons. The number of carbonyl (C=O) groups excluding carboxylic acids is 3. The van der Waals surface area contributed by atoms with Gasteiger partial charge in [0, 0.05) is 0 Å². The molecule has 0 aliphatic heterocycles. The highest BCUT2D eigenvalue weighted by Crippen LogP contribution is 2.40. The monoisotopic (exact) mass is 301 g/mol. The van der Waals surface area contributed by atoms with Crippen molar-refractivity contribution in [2.45, 2.75) is 39.2 Å². The maximum absolute atomic E-state index is 12.0. The molecule has 2 atom stereocenters. The summed E-state index contributed by atoms with van der Waals surface area (Å²) in [5.74, 6) is -3.23. The first-order valence-electron chi connectivity index (χ1n) is 7.19. The van der Waals surface area contributed by atoms with Gasteiger partial charge in [0.25, 0.3) is 0 Å². The summed E-state index contributed by atoms with van der Waals surface area (Å²) in [7, 11) is 0. The van der Waals surface area contributed by atoms with E-state index in [0.717, 1.165) is 0 Å². The Labute approximate surface area is 124 Å². The molecule has 2 unspecified atom stereocenters. The minimum Gasteiger partial charge on any atom is -0.466 e. The van der Waals surface area contributed by atoms with E-state index >= 15 is 0 Å². The first-order chi connectivity index (χ1) is 9.89. The fourth-order valence-electron chi connectivity index (χ4n) is 2.59. The molecule has 2 N–H and O–H groups in total. The second-order valence-electron chi connectivity index (χ2n) is 5.00. The zero-order valence-corrected chi connectivity index (χ0v) is 12.7. The van der Waals surface area contributed by atoms with Crippen molar-refractivity contribution < 1.29 is 28.6 Å². The van der Waals surface area contributed by atoms with Crippen LogP contribution in [0.1, 0.15) is 33.6 Å². The summed E-state index contributed by atoms with van der Waals surface area (Å²) in [4.78, 5) is 36.0. The quantitative estimate of drug-likeness (QED) is 0.559. The number of esters is 3. The summed E-state index contributed by atoms with van der Waals surface area (Å²) in [5.41, 5.74) is 4.69. The van der Waals surface area contributed by atoms with Crippen LogP contribution < -0.4 is 5.73 Å². The molecule has 0 heterocycles. The number of rotatable bonds is 6. The van der Waals surface area contributed by atoms with Gasteiger partial charge in [0.2, 0.25) is 0 Å². The van der Waals surface area contributed by atoms with Crippen LogP contribution in [0.4, 0.5) is 0 Å². The van der Waals surface area contributed by atoms with Crippen molar-refractivity contribution in [1.29, 1.82) is 0 Å². The minimum absolute atomic E-state index is 0.0220. The van der Waals surface area contributed by atoms with E-state index in [1.807, 2.05) is 0 Å². The van der Waals surface area contributed by atoms with Crippen molar-refractivity contribution in [1.82, 2.24) is 0 Å². The topological polar surface area (TPSA) is 105 Å². The maximum Gasteiger partial charge on any atom is 0.326 e. The molecule has 0 bridgehead atoms. The molecule has 0 saturated heterocycles. The van der Waals surface area contributed by atoms with Crippen molar-refractivity contribution in [2.24, 2.45) is 17.6 Å². The SMILES string of the molecule is CCOC(=O)C1CC(N)(C(=O)OCC)CC1C(=O)OCC. The van der Waals surface area contributed by atoms with E-state index in [1.54, 1.807) is 20.8 Å². The second-order valence-corrected chi connectivity index (χ2v) is 5.00. The summed E-state index contributed by atoms with van der Waals surface area (Å²) in [5, 5.41) is 0. The number of ether oxygens (including phenoxy) is 3. The van der Waals surface area contributed by atoms with Gasteiger partial charge in [-0.3, -0.25) is 14.4 Å². The second kappa shape index (κ2) is 7.40. The van der Waals surface area contributed by atoms with E-state index in [-0.39, 0.29) is 32.7 Å². The lowest BCUT2D eigenvalue weighted by molar-refractivity contribution is -0.158. The molecule has 0 radical (unpaired) electrons. The van der Waals surface area contributed by atoms with Gasteiger partial charge in [0.05, 0.1) is 31.7 Å². The van der Waals surface area contributed by atoms with E-state index in [4.69, 9.17) is 19.9 Å². The Morgan fingerprint density at radius 1 is 0.905 bits per heavy atom. The highest BCUT2D eigenvalue weighted by molar-refractivity contribution is 5.88. The van der Waals surface area contributed by atoms with Crippen LogP contribution in [0.15, 0.2) is 0 Å². The Hall–Kier alpha value is -1.63. The average molecular weight is 301 g/mol. The van der Waals surface area contributed by atoms with Crippen LogP contribution in [0.5, 0.6) is 0 Å². The van der Waals surface area contributed by atoms with Gasteiger partial charge in [-0.1, -0.05) is 0 Å². The summed E-state index contributed by atoms with van der Waals surface area (Å²) < 4.78 is 14.9. The number of hydrogen-bond acceptors (Lipinski definition) is 7. The lowest BCUT2D eigenvalue weighted by Gasteiger charge is -2.21. The van der Waals surface area contributed by atoms with E-state index < -0.39 is 35.3 Å². The Bertz CT molecular complexity index is 382. The molecule has 0 aromatic carbocycles. The summed E-state index contributed by atoms with van der Waals surface area (Å²) >= 11 is 0. The Morgan fingerprint density at radius 3 is 1.62 bits per heavy atom. The number of hydrogen-bond donors (Lipinski definition) is 1. The molecule has 0 aromatic rings. The van der Waals surface area contributed by atoms with Crippen LogP contribution >= 0.6 is 0 Å². The molecule has 0 aromatic heterocycles. The van der Waals surface area contributed by atoms with Crippen LogP contribution in [0.2, 0.25) is 0 Å². The van der Waals surface area contributed by atoms with E-state index in [0.29, 0.717) is 0 Å². The predicted molar refractivity (Wildman–Crippen MR) is 73.0 cm³/mol. The van der Waals surface area contributed by atoms with Crippen molar-refractivity contribution in [2.75, 3.05) is 19.8 Å². The average Bonchev–Trinajstić information content (AvgIpc) is 2.79. The van der Waals surface area contributed by atoms with Crippen LogP contribution in [-0.2, 0) is 28.6 Å².